The third-order valence-corrected chi connectivity index (χ3v) is 2.80. The van der Waals surface area contributed by atoms with Crippen molar-refractivity contribution >= 4 is 0 Å². The third-order valence-electron chi connectivity index (χ3n) is 2.80. The van der Waals surface area contributed by atoms with E-state index in [1.807, 2.05) is 17.9 Å². The summed E-state index contributed by atoms with van der Waals surface area (Å²) in [6.07, 6.45) is 11.2. The molecule has 0 amide bonds. The molecule has 1 aromatic rings. The molecule has 0 aromatic carbocycles. The van der Waals surface area contributed by atoms with Crippen LogP contribution in [0.25, 0.3) is 0 Å². The lowest BCUT2D eigenvalue weighted by molar-refractivity contribution is 0.443. The van der Waals surface area contributed by atoms with Gasteiger partial charge in [0.1, 0.15) is 0 Å². The van der Waals surface area contributed by atoms with Crippen LogP contribution in [0, 0.1) is 0 Å². The quantitative estimate of drug-likeness (QED) is 0.623. The van der Waals surface area contributed by atoms with Gasteiger partial charge in [-0.3, -0.25) is 4.68 Å². The molecule has 0 saturated heterocycles. The van der Waals surface area contributed by atoms with Gasteiger partial charge in [-0.25, -0.2) is 0 Å². The summed E-state index contributed by atoms with van der Waals surface area (Å²) in [5.41, 5.74) is 1.44. The minimum absolute atomic E-state index is 0.799. The van der Waals surface area contributed by atoms with Gasteiger partial charge >= 0.3 is 0 Å². The molecule has 1 heterocycles. The summed E-state index contributed by atoms with van der Waals surface area (Å²) in [6.45, 7) is 0. The molecule has 66 valence electrons. The summed E-state index contributed by atoms with van der Waals surface area (Å²) >= 11 is 0. The average Bonchev–Trinajstić information content (AvgIpc) is 2.54. The highest BCUT2D eigenvalue weighted by Crippen LogP contribution is 2.31. The first-order valence-electron chi connectivity index (χ1n) is 4.85. The molecule has 0 spiro atoms. The molecular weight excluding hydrogens is 148 g/mol. The normalized spacial score (nSPS) is 19.8. The molecule has 0 aliphatic heterocycles. The lowest BCUT2D eigenvalue weighted by atomic mass is 9.86. The predicted molar refractivity (Wildman–Crippen MR) is 49.0 cm³/mol. The standard InChI is InChI=1S/C10H16N2/c1-12-8-10(7-11-12)9-5-3-2-4-6-9/h7-9H,2-6H2,1H3. The van der Waals surface area contributed by atoms with Crippen molar-refractivity contribution in [2.75, 3.05) is 0 Å². The van der Waals surface area contributed by atoms with Crippen molar-refractivity contribution in [1.82, 2.24) is 9.78 Å². The lowest BCUT2D eigenvalue weighted by Gasteiger charge is -2.19. The van der Waals surface area contributed by atoms with Crippen LogP contribution in [0.5, 0.6) is 0 Å². The Bertz CT molecular complexity index is 246. The molecule has 1 saturated carbocycles. The van der Waals surface area contributed by atoms with Gasteiger partial charge in [-0.2, -0.15) is 5.10 Å². The van der Waals surface area contributed by atoms with E-state index < -0.39 is 0 Å². The van der Waals surface area contributed by atoms with Gasteiger partial charge < -0.3 is 0 Å². The average molecular weight is 164 g/mol. The van der Waals surface area contributed by atoms with E-state index in [0.717, 1.165) is 5.92 Å². The van der Waals surface area contributed by atoms with Gasteiger partial charge in [-0.15, -0.1) is 0 Å². The number of rotatable bonds is 1. The van der Waals surface area contributed by atoms with Crippen LogP contribution in [-0.4, -0.2) is 9.78 Å². The highest BCUT2D eigenvalue weighted by Gasteiger charge is 2.16. The highest BCUT2D eigenvalue weighted by molar-refractivity contribution is 5.11. The van der Waals surface area contributed by atoms with Crippen molar-refractivity contribution in [3.05, 3.63) is 18.0 Å². The third kappa shape index (κ3) is 1.52. The Morgan fingerprint density at radius 1 is 1.33 bits per heavy atom. The van der Waals surface area contributed by atoms with Crippen LogP contribution >= 0.6 is 0 Å². The fraction of sp³-hybridized carbons (Fsp3) is 0.700. The molecule has 2 rings (SSSR count). The van der Waals surface area contributed by atoms with Gasteiger partial charge in [-0.1, -0.05) is 19.3 Å². The molecule has 1 aliphatic rings. The second-order valence-corrected chi connectivity index (χ2v) is 3.78. The first-order valence-corrected chi connectivity index (χ1v) is 4.85. The predicted octanol–water partition coefficient (Wildman–Crippen LogP) is 2.47. The van der Waals surface area contributed by atoms with Crippen molar-refractivity contribution in [2.24, 2.45) is 7.05 Å². The molecule has 0 N–H and O–H groups in total. The van der Waals surface area contributed by atoms with Gasteiger partial charge in [-0.05, 0) is 24.3 Å². The van der Waals surface area contributed by atoms with E-state index in [-0.39, 0.29) is 0 Å². The Morgan fingerprint density at radius 2 is 2.08 bits per heavy atom. The molecule has 1 aliphatic carbocycles. The van der Waals surface area contributed by atoms with Gasteiger partial charge in [0.05, 0.1) is 6.20 Å². The van der Waals surface area contributed by atoms with Gasteiger partial charge in [0.2, 0.25) is 0 Å². The van der Waals surface area contributed by atoms with Crippen molar-refractivity contribution in [2.45, 2.75) is 38.0 Å². The second kappa shape index (κ2) is 3.30. The van der Waals surface area contributed by atoms with Crippen molar-refractivity contribution in [1.29, 1.82) is 0 Å². The number of hydrogen-bond donors (Lipinski definition) is 0. The molecule has 2 heteroatoms. The Hall–Kier alpha value is -0.790. The smallest absolute Gasteiger partial charge is 0.0524 e. The van der Waals surface area contributed by atoms with E-state index in [9.17, 15) is 0 Å². The number of aryl methyl sites for hydroxylation is 1. The van der Waals surface area contributed by atoms with Crippen molar-refractivity contribution in [3.63, 3.8) is 0 Å². The van der Waals surface area contributed by atoms with E-state index in [1.165, 1.54) is 37.7 Å². The first kappa shape index (κ1) is 7.84. The van der Waals surface area contributed by atoms with Crippen LogP contribution in [0.2, 0.25) is 0 Å². The van der Waals surface area contributed by atoms with Gasteiger partial charge in [0, 0.05) is 13.2 Å². The van der Waals surface area contributed by atoms with Crippen LogP contribution in [-0.2, 0) is 7.05 Å². The van der Waals surface area contributed by atoms with E-state index in [0.29, 0.717) is 0 Å². The summed E-state index contributed by atoms with van der Waals surface area (Å²) in [4.78, 5) is 0. The fourth-order valence-electron chi connectivity index (χ4n) is 2.09. The summed E-state index contributed by atoms with van der Waals surface area (Å²) in [5, 5.41) is 4.21. The summed E-state index contributed by atoms with van der Waals surface area (Å²) in [6, 6.07) is 0. The lowest BCUT2D eigenvalue weighted by Crippen LogP contribution is -2.03. The zero-order valence-corrected chi connectivity index (χ0v) is 7.66. The Morgan fingerprint density at radius 3 is 2.67 bits per heavy atom. The zero-order valence-electron chi connectivity index (χ0n) is 7.66. The maximum atomic E-state index is 4.21. The Kier molecular flexibility index (Phi) is 2.15. The molecule has 0 unspecified atom stereocenters. The maximum absolute atomic E-state index is 4.21. The zero-order chi connectivity index (χ0) is 8.39. The van der Waals surface area contributed by atoms with Crippen molar-refractivity contribution < 1.29 is 0 Å². The van der Waals surface area contributed by atoms with Crippen LogP contribution in [0.3, 0.4) is 0 Å². The minimum atomic E-state index is 0.799. The van der Waals surface area contributed by atoms with Crippen LogP contribution in [0.1, 0.15) is 43.6 Å². The summed E-state index contributed by atoms with van der Waals surface area (Å²) in [7, 11) is 1.99. The van der Waals surface area contributed by atoms with E-state index >= 15 is 0 Å². The molecule has 0 bridgehead atoms. The highest BCUT2D eigenvalue weighted by atomic mass is 15.2. The van der Waals surface area contributed by atoms with Crippen molar-refractivity contribution in [3.8, 4) is 0 Å². The van der Waals surface area contributed by atoms with Crippen LogP contribution < -0.4 is 0 Å². The van der Waals surface area contributed by atoms with E-state index in [2.05, 4.69) is 11.3 Å². The van der Waals surface area contributed by atoms with Crippen LogP contribution in [0.4, 0.5) is 0 Å². The fourth-order valence-corrected chi connectivity index (χ4v) is 2.09. The van der Waals surface area contributed by atoms with Gasteiger partial charge in [0.15, 0.2) is 0 Å². The largest absolute Gasteiger partial charge is 0.276 e. The molecule has 12 heavy (non-hydrogen) atoms. The Labute approximate surface area is 73.6 Å². The monoisotopic (exact) mass is 164 g/mol. The first-order chi connectivity index (χ1) is 5.86. The molecular formula is C10H16N2. The van der Waals surface area contributed by atoms with E-state index in [4.69, 9.17) is 0 Å². The Balaban J connectivity index is 2.08. The second-order valence-electron chi connectivity index (χ2n) is 3.78. The molecule has 0 radical (unpaired) electrons. The number of hydrogen-bond acceptors (Lipinski definition) is 1. The topological polar surface area (TPSA) is 17.8 Å². The summed E-state index contributed by atoms with van der Waals surface area (Å²) < 4.78 is 1.91. The van der Waals surface area contributed by atoms with E-state index in [1.54, 1.807) is 0 Å². The molecule has 1 fully saturated rings. The number of aromatic nitrogens is 2. The summed E-state index contributed by atoms with van der Waals surface area (Å²) in [5.74, 6) is 0.799. The molecule has 1 aromatic heterocycles. The van der Waals surface area contributed by atoms with Crippen LogP contribution in [0.15, 0.2) is 12.4 Å². The molecule has 2 nitrogen and oxygen atoms in total. The maximum Gasteiger partial charge on any atom is 0.0524 e. The minimum Gasteiger partial charge on any atom is -0.276 e. The van der Waals surface area contributed by atoms with Gasteiger partial charge in [0.25, 0.3) is 0 Å². The SMILES string of the molecule is Cn1cc(C2CCCCC2)cn1. The number of nitrogens with zero attached hydrogens (tertiary/aromatic N) is 2. The molecule has 0 atom stereocenters.